The third-order valence-corrected chi connectivity index (χ3v) is 8.23. The average molecular weight is 597 g/mol. The number of likely N-dealkylation sites (N-methyl/N-ethyl adjacent to an activating group) is 1. The standard InChI is InChI=1S/C34H48N2O7/c1-7-34(2,3)31(37)32(38)36-20-10-8-9-14-27(36)33(39)43-28(25-12-11-13-26(23-25)42-21-19-35-4)17-15-24-16-18-29(40-5)30(22-24)41-6/h11-13,16,18,22-23,27-28,35H,7-10,14-15,17,19-21H2,1-6H3/t27?,28-/m1/s1. The summed E-state index contributed by atoms with van der Waals surface area (Å²) in [7, 11) is 5.05. The molecule has 0 aliphatic carbocycles. The molecule has 1 aliphatic heterocycles. The summed E-state index contributed by atoms with van der Waals surface area (Å²) in [5.74, 6) is 0.388. The Morgan fingerprint density at radius 3 is 2.49 bits per heavy atom. The summed E-state index contributed by atoms with van der Waals surface area (Å²) < 4.78 is 23.0. The molecule has 2 atom stereocenters. The van der Waals surface area contributed by atoms with Gasteiger partial charge in [0.2, 0.25) is 5.78 Å². The molecule has 1 saturated heterocycles. The van der Waals surface area contributed by atoms with Crippen LogP contribution >= 0.6 is 0 Å². The smallest absolute Gasteiger partial charge is 0.329 e. The van der Waals surface area contributed by atoms with E-state index in [0.717, 1.165) is 30.4 Å². The monoisotopic (exact) mass is 596 g/mol. The second-order valence-electron chi connectivity index (χ2n) is 11.6. The zero-order chi connectivity index (χ0) is 31.4. The number of aryl methyl sites for hydroxylation is 1. The van der Waals surface area contributed by atoms with Gasteiger partial charge in [-0.05, 0) is 74.5 Å². The van der Waals surface area contributed by atoms with Gasteiger partial charge in [0.25, 0.3) is 5.91 Å². The van der Waals surface area contributed by atoms with E-state index in [9.17, 15) is 14.4 Å². The molecular weight excluding hydrogens is 548 g/mol. The first-order valence-electron chi connectivity index (χ1n) is 15.3. The van der Waals surface area contributed by atoms with Gasteiger partial charge in [0.1, 0.15) is 24.5 Å². The number of methoxy groups -OCH3 is 2. The molecule has 9 heteroatoms. The number of benzene rings is 2. The Bertz CT molecular complexity index is 1230. The third kappa shape index (κ3) is 9.20. The van der Waals surface area contributed by atoms with Crippen LogP contribution in [0.5, 0.6) is 17.2 Å². The lowest BCUT2D eigenvalue weighted by Gasteiger charge is -2.32. The Balaban J connectivity index is 1.88. The van der Waals surface area contributed by atoms with Gasteiger partial charge in [-0.2, -0.15) is 0 Å². The fourth-order valence-corrected chi connectivity index (χ4v) is 5.10. The number of esters is 1. The molecule has 0 spiro atoms. The summed E-state index contributed by atoms with van der Waals surface area (Å²) in [6.07, 6.45) is 3.88. The minimum absolute atomic E-state index is 0.356. The Morgan fingerprint density at radius 1 is 1.02 bits per heavy atom. The number of ether oxygens (including phenoxy) is 4. The van der Waals surface area contributed by atoms with Gasteiger partial charge in [0.15, 0.2) is 11.5 Å². The zero-order valence-corrected chi connectivity index (χ0v) is 26.6. The number of amides is 1. The van der Waals surface area contributed by atoms with E-state index in [1.54, 1.807) is 28.1 Å². The van der Waals surface area contributed by atoms with Crippen molar-refractivity contribution in [2.45, 2.75) is 77.9 Å². The number of ketones is 1. The van der Waals surface area contributed by atoms with Crippen LogP contribution in [0.3, 0.4) is 0 Å². The molecule has 1 N–H and O–H groups in total. The largest absolute Gasteiger partial charge is 0.493 e. The normalized spacial score (nSPS) is 16.1. The van der Waals surface area contributed by atoms with Gasteiger partial charge in [-0.25, -0.2) is 4.79 Å². The van der Waals surface area contributed by atoms with E-state index >= 15 is 0 Å². The van der Waals surface area contributed by atoms with E-state index < -0.39 is 35.2 Å². The molecule has 0 aromatic heterocycles. The molecule has 1 fully saturated rings. The van der Waals surface area contributed by atoms with Crippen LogP contribution < -0.4 is 19.5 Å². The summed E-state index contributed by atoms with van der Waals surface area (Å²) >= 11 is 0. The Kier molecular flexibility index (Phi) is 12.9. The lowest BCUT2D eigenvalue weighted by Crippen LogP contribution is -2.51. The highest BCUT2D eigenvalue weighted by Gasteiger charge is 2.40. The van der Waals surface area contributed by atoms with E-state index in [4.69, 9.17) is 18.9 Å². The number of likely N-dealkylation sites (tertiary alicyclic amines) is 1. The summed E-state index contributed by atoms with van der Waals surface area (Å²) in [5, 5.41) is 3.06. The van der Waals surface area contributed by atoms with E-state index in [0.29, 0.717) is 62.6 Å². The van der Waals surface area contributed by atoms with Crippen LogP contribution in [0.1, 0.15) is 76.5 Å². The van der Waals surface area contributed by atoms with Crippen LogP contribution in [0.25, 0.3) is 0 Å². The van der Waals surface area contributed by atoms with Crippen molar-refractivity contribution in [2.75, 3.05) is 41.0 Å². The number of Topliss-reactive ketones (excluding diaryl/α,β-unsaturated/α-hetero) is 1. The number of rotatable bonds is 15. The maximum absolute atomic E-state index is 13.9. The first kappa shape index (κ1) is 33.9. The fourth-order valence-electron chi connectivity index (χ4n) is 5.10. The maximum atomic E-state index is 13.9. The lowest BCUT2D eigenvalue weighted by atomic mass is 9.84. The van der Waals surface area contributed by atoms with Gasteiger partial charge in [0.05, 0.1) is 14.2 Å². The Morgan fingerprint density at radius 2 is 1.79 bits per heavy atom. The van der Waals surface area contributed by atoms with Gasteiger partial charge in [-0.1, -0.05) is 51.8 Å². The van der Waals surface area contributed by atoms with E-state index in [-0.39, 0.29) is 0 Å². The summed E-state index contributed by atoms with van der Waals surface area (Å²) in [5.41, 5.74) is 0.998. The highest BCUT2D eigenvalue weighted by Crippen LogP contribution is 2.32. The maximum Gasteiger partial charge on any atom is 0.329 e. The molecule has 1 unspecified atom stereocenters. The molecule has 9 nitrogen and oxygen atoms in total. The van der Waals surface area contributed by atoms with Crippen LogP contribution in [0.15, 0.2) is 42.5 Å². The van der Waals surface area contributed by atoms with E-state index in [1.807, 2.05) is 56.4 Å². The van der Waals surface area contributed by atoms with Crippen molar-refractivity contribution >= 4 is 17.7 Å². The van der Waals surface area contributed by atoms with Crippen LogP contribution in [-0.4, -0.2) is 69.6 Å². The Hall–Kier alpha value is -3.59. The second kappa shape index (κ2) is 16.3. The van der Waals surface area contributed by atoms with Crippen molar-refractivity contribution in [3.05, 3.63) is 53.6 Å². The molecule has 0 saturated carbocycles. The van der Waals surface area contributed by atoms with Crippen LogP contribution in [0.4, 0.5) is 0 Å². The van der Waals surface area contributed by atoms with Gasteiger partial charge >= 0.3 is 5.97 Å². The third-order valence-electron chi connectivity index (χ3n) is 8.23. The molecule has 1 heterocycles. The summed E-state index contributed by atoms with van der Waals surface area (Å²) in [6, 6.07) is 12.5. The van der Waals surface area contributed by atoms with Crippen molar-refractivity contribution in [1.29, 1.82) is 0 Å². The minimum Gasteiger partial charge on any atom is -0.493 e. The quantitative estimate of drug-likeness (QED) is 0.168. The topological polar surface area (TPSA) is 103 Å². The van der Waals surface area contributed by atoms with Crippen LogP contribution in [-0.2, 0) is 25.5 Å². The molecule has 43 heavy (non-hydrogen) atoms. The van der Waals surface area contributed by atoms with Crippen molar-refractivity contribution in [3.63, 3.8) is 0 Å². The van der Waals surface area contributed by atoms with Crippen molar-refractivity contribution < 1.29 is 33.3 Å². The summed E-state index contributed by atoms with van der Waals surface area (Å²) in [4.78, 5) is 41.9. The highest BCUT2D eigenvalue weighted by atomic mass is 16.5. The van der Waals surface area contributed by atoms with E-state index in [1.165, 1.54) is 4.90 Å². The molecule has 2 aromatic rings. The predicted octanol–water partition coefficient (Wildman–Crippen LogP) is 5.30. The SMILES string of the molecule is CCC(C)(C)C(=O)C(=O)N1CCCCCC1C(=O)O[C@H](CCc1ccc(OC)c(OC)c1)c1cccc(OCCNC)c1. The highest BCUT2D eigenvalue weighted by molar-refractivity contribution is 6.38. The predicted molar refractivity (Wildman–Crippen MR) is 166 cm³/mol. The zero-order valence-electron chi connectivity index (χ0n) is 26.6. The molecule has 236 valence electrons. The number of nitrogens with one attached hydrogen (secondary N) is 1. The Labute approximate surface area is 256 Å². The van der Waals surface area contributed by atoms with Gasteiger partial charge in [0, 0.05) is 18.5 Å². The molecule has 1 aliphatic rings. The van der Waals surface area contributed by atoms with E-state index in [2.05, 4.69) is 5.32 Å². The number of hydrogen-bond acceptors (Lipinski definition) is 8. The second-order valence-corrected chi connectivity index (χ2v) is 11.6. The first-order chi connectivity index (χ1) is 20.6. The molecule has 1 amide bonds. The molecule has 0 radical (unpaired) electrons. The van der Waals surface area contributed by atoms with Crippen molar-refractivity contribution in [2.24, 2.45) is 5.41 Å². The number of carbonyl (C=O) groups is 3. The van der Waals surface area contributed by atoms with Gasteiger partial charge in [-0.3, -0.25) is 9.59 Å². The first-order valence-corrected chi connectivity index (χ1v) is 15.3. The number of hydrogen-bond donors (Lipinski definition) is 1. The minimum atomic E-state index is -0.815. The molecule has 2 aromatic carbocycles. The van der Waals surface area contributed by atoms with Crippen LogP contribution in [0.2, 0.25) is 0 Å². The lowest BCUT2D eigenvalue weighted by molar-refractivity contribution is -0.163. The molecular formula is C34H48N2O7. The summed E-state index contributed by atoms with van der Waals surface area (Å²) in [6.45, 7) is 6.98. The number of nitrogens with zero attached hydrogens (tertiary/aromatic N) is 1. The molecule has 3 rings (SSSR count). The van der Waals surface area contributed by atoms with Crippen LogP contribution in [0, 0.1) is 5.41 Å². The van der Waals surface area contributed by atoms with Gasteiger partial charge < -0.3 is 29.2 Å². The van der Waals surface area contributed by atoms with Gasteiger partial charge in [-0.15, -0.1) is 0 Å². The average Bonchev–Trinajstić information content (AvgIpc) is 3.28. The van der Waals surface area contributed by atoms with Crippen molar-refractivity contribution in [1.82, 2.24) is 10.2 Å². The molecule has 0 bridgehead atoms. The fraction of sp³-hybridized carbons (Fsp3) is 0.559. The van der Waals surface area contributed by atoms with Crippen molar-refractivity contribution in [3.8, 4) is 17.2 Å². The number of carbonyl (C=O) groups excluding carboxylic acids is 3.